The van der Waals surface area contributed by atoms with Gasteiger partial charge in [-0.2, -0.15) is 0 Å². The zero-order valence-electron chi connectivity index (χ0n) is 13.6. The van der Waals surface area contributed by atoms with E-state index in [1.807, 2.05) is 12.1 Å². The van der Waals surface area contributed by atoms with Crippen molar-refractivity contribution in [1.29, 1.82) is 0 Å². The number of hydrogen-bond donors (Lipinski definition) is 0. The largest absolute Gasteiger partial charge is 0.497 e. The van der Waals surface area contributed by atoms with E-state index < -0.39 is 0 Å². The van der Waals surface area contributed by atoms with E-state index in [0.29, 0.717) is 34.7 Å². The molecule has 0 unspecified atom stereocenters. The van der Waals surface area contributed by atoms with E-state index in [-0.39, 0.29) is 12.5 Å². The van der Waals surface area contributed by atoms with Gasteiger partial charge < -0.3 is 14.4 Å². The van der Waals surface area contributed by atoms with Crippen molar-refractivity contribution in [2.24, 2.45) is 0 Å². The number of hydrogen-bond acceptors (Lipinski definition) is 6. The Hall–Kier alpha value is -2.54. The number of rotatable bonds is 4. The summed E-state index contributed by atoms with van der Waals surface area (Å²) in [6.07, 6.45) is 1.35. The number of likely N-dealkylation sites (N-methyl/N-ethyl adjacent to an activating group) is 1. The molecule has 1 aromatic heterocycles. The van der Waals surface area contributed by atoms with E-state index in [1.54, 1.807) is 37.1 Å². The number of carbonyl (C=O) groups is 1. The first-order chi connectivity index (χ1) is 11.5. The Morgan fingerprint density at radius 2 is 2.04 bits per heavy atom. The third-order valence-electron chi connectivity index (χ3n) is 3.89. The molecule has 0 atom stereocenters. The Balaban J connectivity index is 2.00. The maximum Gasteiger partial charge on any atom is 0.248 e. The van der Waals surface area contributed by atoms with E-state index in [2.05, 4.69) is 9.97 Å². The maximum atomic E-state index is 12.5. The van der Waals surface area contributed by atoms with Crippen LogP contribution in [0.1, 0.15) is 5.56 Å². The number of ether oxygens (including phenoxy) is 2. The molecule has 24 heavy (non-hydrogen) atoms. The Bertz CT molecular complexity index is 784. The van der Waals surface area contributed by atoms with Gasteiger partial charge in [0.25, 0.3) is 0 Å². The first-order valence-corrected chi connectivity index (χ1v) is 7.66. The number of fused-ring (bicyclic) bond motifs is 1. The summed E-state index contributed by atoms with van der Waals surface area (Å²) in [7, 11) is 4.96. The monoisotopic (exact) mass is 348 g/mol. The minimum absolute atomic E-state index is 0.0716. The predicted molar refractivity (Wildman–Crippen MR) is 91.0 cm³/mol. The summed E-state index contributed by atoms with van der Waals surface area (Å²) < 4.78 is 10.6. The topological polar surface area (TPSA) is 67.8 Å². The normalized spacial score (nSPS) is 13.8. The standard InChI is InChI=1S/C16H17ClN4O3/c1-20-8-13(22)21(16-14(20)15(17)18-9-19-16)7-10-4-5-11(23-2)6-12(10)24-3/h4-6,9H,7-8H2,1-3H3. The number of halogens is 1. The van der Waals surface area contributed by atoms with E-state index in [1.165, 1.54) is 6.33 Å². The van der Waals surface area contributed by atoms with Crippen LogP contribution >= 0.6 is 11.6 Å². The lowest BCUT2D eigenvalue weighted by atomic mass is 10.1. The summed E-state index contributed by atoms with van der Waals surface area (Å²) in [5.74, 6) is 1.75. The molecule has 2 heterocycles. The van der Waals surface area contributed by atoms with Crippen LogP contribution in [0.15, 0.2) is 24.5 Å². The predicted octanol–water partition coefficient (Wildman–Crippen LogP) is 2.13. The molecule has 0 aliphatic carbocycles. The van der Waals surface area contributed by atoms with Crippen LogP contribution in [-0.2, 0) is 11.3 Å². The molecule has 0 bridgehead atoms. The number of amides is 1. The first-order valence-electron chi connectivity index (χ1n) is 7.28. The Morgan fingerprint density at radius 3 is 2.75 bits per heavy atom. The molecule has 3 rings (SSSR count). The minimum atomic E-state index is -0.0716. The van der Waals surface area contributed by atoms with Crippen LogP contribution in [0.2, 0.25) is 5.15 Å². The molecule has 1 aliphatic heterocycles. The van der Waals surface area contributed by atoms with Gasteiger partial charge in [0.05, 0.1) is 27.3 Å². The summed E-state index contributed by atoms with van der Waals surface area (Å²) in [6.45, 7) is 0.527. The number of nitrogens with zero attached hydrogens (tertiary/aromatic N) is 4. The number of aromatic nitrogens is 2. The summed E-state index contributed by atoms with van der Waals surface area (Å²) in [6, 6.07) is 5.47. The zero-order chi connectivity index (χ0) is 17.3. The van der Waals surface area contributed by atoms with Gasteiger partial charge in [-0.05, 0) is 12.1 Å². The second-order valence-corrected chi connectivity index (χ2v) is 5.71. The van der Waals surface area contributed by atoms with Gasteiger partial charge in [-0.15, -0.1) is 0 Å². The summed E-state index contributed by atoms with van der Waals surface area (Å²) in [5.41, 5.74) is 1.49. The molecule has 1 aromatic carbocycles. The second kappa shape index (κ2) is 6.52. The Morgan fingerprint density at radius 1 is 1.25 bits per heavy atom. The van der Waals surface area contributed by atoms with Crippen molar-refractivity contribution in [3.05, 3.63) is 35.2 Å². The van der Waals surface area contributed by atoms with Crippen molar-refractivity contribution in [3.8, 4) is 11.5 Å². The number of benzene rings is 1. The molecule has 0 fully saturated rings. The van der Waals surface area contributed by atoms with Crippen LogP contribution in [0.3, 0.4) is 0 Å². The lowest BCUT2D eigenvalue weighted by Gasteiger charge is -2.34. The minimum Gasteiger partial charge on any atom is -0.497 e. The SMILES string of the molecule is COc1ccc(CN2C(=O)CN(C)c3c(Cl)ncnc32)c(OC)c1. The number of carbonyl (C=O) groups excluding carboxylic acids is 1. The van der Waals surface area contributed by atoms with Gasteiger partial charge in [0, 0.05) is 18.7 Å². The molecule has 1 amide bonds. The lowest BCUT2D eigenvalue weighted by Crippen LogP contribution is -2.44. The Kier molecular flexibility index (Phi) is 4.44. The van der Waals surface area contributed by atoms with Crippen LogP contribution in [0.5, 0.6) is 11.5 Å². The Labute approximate surface area is 144 Å². The zero-order valence-corrected chi connectivity index (χ0v) is 14.4. The van der Waals surface area contributed by atoms with Crippen molar-refractivity contribution in [1.82, 2.24) is 9.97 Å². The van der Waals surface area contributed by atoms with Crippen LogP contribution in [0.25, 0.3) is 0 Å². The highest BCUT2D eigenvalue weighted by molar-refractivity contribution is 6.33. The van der Waals surface area contributed by atoms with Gasteiger partial charge in [0.15, 0.2) is 11.0 Å². The fourth-order valence-electron chi connectivity index (χ4n) is 2.68. The van der Waals surface area contributed by atoms with Crippen molar-refractivity contribution in [2.75, 3.05) is 37.6 Å². The van der Waals surface area contributed by atoms with Crippen LogP contribution in [-0.4, -0.2) is 43.7 Å². The molecule has 0 spiro atoms. The molecule has 8 heteroatoms. The van der Waals surface area contributed by atoms with Gasteiger partial charge >= 0.3 is 0 Å². The molecule has 0 radical (unpaired) electrons. The van der Waals surface area contributed by atoms with Crippen molar-refractivity contribution >= 4 is 29.0 Å². The van der Waals surface area contributed by atoms with Gasteiger partial charge in [-0.3, -0.25) is 9.69 Å². The smallest absolute Gasteiger partial charge is 0.248 e. The highest BCUT2D eigenvalue weighted by atomic mass is 35.5. The fraction of sp³-hybridized carbons (Fsp3) is 0.312. The van der Waals surface area contributed by atoms with E-state index >= 15 is 0 Å². The highest BCUT2D eigenvalue weighted by Crippen LogP contribution is 2.37. The maximum absolute atomic E-state index is 12.5. The number of anilines is 2. The summed E-state index contributed by atoms with van der Waals surface area (Å²) in [4.78, 5) is 24.1. The average Bonchev–Trinajstić information content (AvgIpc) is 2.58. The molecule has 7 nitrogen and oxygen atoms in total. The van der Waals surface area contributed by atoms with Crippen molar-refractivity contribution in [2.45, 2.75) is 6.54 Å². The molecule has 1 aliphatic rings. The molecular formula is C16H17ClN4O3. The van der Waals surface area contributed by atoms with Gasteiger partial charge in [-0.25, -0.2) is 9.97 Å². The molecule has 126 valence electrons. The molecule has 0 saturated heterocycles. The lowest BCUT2D eigenvalue weighted by molar-refractivity contribution is -0.117. The van der Waals surface area contributed by atoms with Crippen LogP contribution in [0, 0.1) is 0 Å². The van der Waals surface area contributed by atoms with Gasteiger partial charge in [-0.1, -0.05) is 11.6 Å². The fourth-order valence-corrected chi connectivity index (χ4v) is 2.95. The van der Waals surface area contributed by atoms with E-state index in [9.17, 15) is 4.79 Å². The highest BCUT2D eigenvalue weighted by Gasteiger charge is 2.31. The van der Waals surface area contributed by atoms with Crippen LogP contribution < -0.4 is 19.3 Å². The quantitative estimate of drug-likeness (QED) is 0.788. The van der Waals surface area contributed by atoms with Crippen molar-refractivity contribution in [3.63, 3.8) is 0 Å². The number of methoxy groups -OCH3 is 2. The molecule has 2 aromatic rings. The van der Waals surface area contributed by atoms with Gasteiger partial charge in [0.1, 0.15) is 23.5 Å². The van der Waals surface area contributed by atoms with Crippen molar-refractivity contribution < 1.29 is 14.3 Å². The second-order valence-electron chi connectivity index (χ2n) is 5.35. The summed E-state index contributed by atoms with van der Waals surface area (Å²) >= 11 is 6.18. The molecule has 0 saturated carbocycles. The molecular weight excluding hydrogens is 332 g/mol. The third-order valence-corrected chi connectivity index (χ3v) is 4.17. The van der Waals surface area contributed by atoms with Crippen LogP contribution in [0.4, 0.5) is 11.5 Å². The average molecular weight is 349 g/mol. The first kappa shape index (κ1) is 16.3. The third kappa shape index (κ3) is 2.82. The summed E-state index contributed by atoms with van der Waals surface area (Å²) in [5, 5.41) is 0.321. The molecule has 0 N–H and O–H groups in total. The van der Waals surface area contributed by atoms with E-state index in [0.717, 1.165) is 5.56 Å². The van der Waals surface area contributed by atoms with E-state index in [4.69, 9.17) is 21.1 Å². The van der Waals surface area contributed by atoms with Gasteiger partial charge in [0.2, 0.25) is 5.91 Å².